The summed E-state index contributed by atoms with van der Waals surface area (Å²) in [6.07, 6.45) is 6.70. The quantitative estimate of drug-likeness (QED) is 0.683. The number of nitrogens with one attached hydrogen (secondary N) is 2. The number of ether oxygens (including phenoxy) is 1. The number of halogens is 1. The van der Waals surface area contributed by atoms with Crippen LogP contribution in [0.15, 0.2) is 48.7 Å². The van der Waals surface area contributed by atoms with Crippen molar-refractivity contribution in [1.82, 2.24) is 10.2 Å². The van der Waals surface area contributed by atoms with Gasteiger partial charge in [-0.1, -0.05) is 18.2 Å². The van der Waals surface area contributed by atoms with E-state index in [2.05, 4.69) is 52.8 Å². The van der Waals surface area contributed by atoms with Gasteiger partial charge in [0.25, 0.3) is 0 Å². The van der Waals surface area contributed by atoms with Gasteiger partial charge in [-0.2, -0.15) is 5.10 Å². The van der Waals surface area contributed by atoms with Gasteiger partial charge in [-0.25, -0.2) is 0 Å². The molecule has 132 valence electrons. The second-order valence-electron chi connectivity index (χ2n) is 6.63. The third kappa shape index (κ3) is 3.90. The summed E-state index contributed by atoms with van der Waals surface area (Å²) in [6, 6.07) is 15.0. The van der Waals surface area contributed by atoms with E-state index in [1.165, 1.54) is 24.1 Å². The highest BCUT2D eigenvalue weighted by Gasteiger charge is 2.24. The Labute approximate surface area is 154 Å². The Hall–Kier alpha value is -2.20. The number of para-hydroxylation sites is 1. The minimum Gasteiger partial charge on any atom is -0.490 e. The number of rotatable bonds is 4. The fraction of sp³-hybridized carbons (Fsp3) is 0.350. The van der Waals surface area contributed by atoms with Crippen LogP contribution < -0.4 is 10.1 Å². The average molecular weight is 358 g/mol. The molecule has 0 amide bonds. The fourth-order valence-corrected chi connectivity index (χ4v) is 3.60. The Morgan fingerprint density at radius 1 is 1.12 bits per heavy atom. The molecule has 3 aromatic rings. The van der Waals surface area contributed by atoms with Crippen LogP contribution in [-0.4, -0.2) is 22.3 Å². The standard InChI is InChI=1S/C20H23N3O.ClH/c1-14-18-13-21-23-19(18)10-11-20(14)24-17-9-5-8-16(12-17)22-15-6-3-2-4-7-15;/h2-4,6-7,10-11,13,16-17,22H,5,8-9,12H2,1H3,(H,21,23);1H. The minimum atomic E-state index is 0. The summed E-state index contributed by atoms with van der Waals surface area (Å²) < 4.78 is 6.35. The highest BCUT2D eigenvalue weighted by Crippen LogP contribution is 2.30. The lowest BCUT2D eigenvalue weighted by Gasteiger charge is -2.31. The summed E-state index contributed by atoms with van der Waals surface area (Å²) in [4.78, 5) is 0. The van der Waals surface area contributed by atoms with E-state index in [1.807, 2.05) is 18.3 Å². The minimum absolute atomic E-state index is 0. The second-order valence-corrected chi connectivity index (χ2v) is 6.63. The molecule has 0 radical (unpaired) electrons. The van der Waals surface area contributed by atoms with Crippen molar-refractivity contribution in [2.75, 3.05) is 5.32 Å². The van der Waals surface area contributed by atoms with Gasteiger partial charge in [0, 0.05) is 29.1 Å². The number of aryl methyl sites for hydroxylation is 1. The first-order valence-corrected chi connectivity index (χ1v) is 8.70. The zero-order chi connectivity index (χ0) is 16.4. The first kappa shape index (κ1) is 17.6. The van der Waals surface area contributed by atoms with E-state index < -0.39 is 0 Å². The van der Waals surface area contributed by atoms with Crippen LogP contribution >= 0.6 is 12.4 Å². The van der Waals surface area contributed by atoms with Gasteiger partial charge < -0.3 is 10.1 Å². The predicted molar refractivity (Wildman–Crippen MR) is 105 cm³/mol. The molecule has 2 unspecified atom stereocenters. The molecule has 1 fully saturated rings. The van der Waals surface area contributed by atoms with Crippen LogP contribution in [0, 0.1) is 6.92 Å². The van der Waals surface area contributed by atoms with Gasteiger partial charge in [-0.3, -0.25) is 5.10 Å². The summed E-state index contributed by atoms with van der Waals surface area (Å²) in [5.74, 6) is 0.981. The summed E-state index contributed by atoms with van der Waals surface area (Å²) in [7, 11) is 0. The molecule has 1 aromatic heterocycles. The first-order chi connectivity index (χ1) is 11.8. The predicted octanol–water partition coefficient (Wildman–Crippen LogP) is 5.10. The molecule has 0 spiro atoms. The second kappa shape index (κ2) is 7.79. The summed E-state index contributed by atoms with van der Waals surface area (Å²) in [5.41, 5.74) is 3.42. The van der Waals surface area contributed by atoms with E-state index in [1.54, 1.807) is 0 Å². The number of nitrogens with zero attached hydrogens (tertiary/aromatic N) is 1. The maximum Gasteiger partial charge on any atom is 0.123 e. The third-order valence-electron chi connectivity index (χ3n) is 4.91. The van der Waals surface area contributed by atoms with Gasteiger partial charge in [-0.15, -0.1) is 12.4 Å². The number of hydrogen-bond donors (Lipinski definition) is 2. The van der Waals surface area contributed by atoms with Crippen LogP contribution in [0.4, 0.5) is 5.69 Å². The Kier molecular flexibility index (Phi) is 5.49. The molecule has 1 aliphatic carbocycles. The van der Waals surface area contributed by atoms with Gasteiger partial charge in [0.05, 0.1) is 11.7 Å². The SMILES string of the molecule is Cc1c(OC2CCCC(Nc3ccccc3)C2)ccc2[nH]ncc12.Cl. The molecule has 1 saturated carbocycles. The zero-order valence-electron chi connectivity index (χ0n) is 14.4. The number of aromatic amines is 1. The van der Waals surface area contributed by atoms with E-state index in [-0.39, 0.29) is 18.5 Å². The molecular weight excluding hydrogens is 334 g/mol. The van der Waals surface area contributed by atoms with Crippen LogP contribution in [0.2, 0.25) is 0 Å². The lowest BCUT2D eigenvalue weighted by atomic mass is 9.92. The molecule has 0 aliphatic heterocycles. The van der Waals surface area contributed by atoms with Crippen molar-refractivity contribution in [2.24, 2.45) is 0 Å². The zero-order valence-corrected chi connectivity index (χ0v) is 15.2. The first-order valence-electron chi connectivity index (χ1n) is 8.70. The molecule has 5 heteroatoms. The van der Waals surface area contributed by atoms with Crippen molar-refractivity contribution in [1.29, 1.82) is 0 Å². The summed E-state index contributed by atoms with van der Waals surface area (Å²) >= 11 is 0. The smallest absolute Gasteiger partial charge is 0.123 e. The van der Waals surface area contributed by atoms with Crippen molar-refractivity contribution in [2.45, 2.75) is 44.8 Å². The highest BCUT2D eigenvalue weighted by molar-refractivity contribution is 5.85. The number of fused-ring (bicyclic) bond motifs is 1. The Bertz CT molecular complexity index is 818. The maximum atomic E-state index is 6.35. The Morgan fingerprint density at radius 3 is 2.80 bits per heavy atom. The Morgan fingerprint density at radius 2 is 1.96 bits per heavy atom. The van der Waals surface area contributed by atoms with Gasteiger partial charge in [0.15, 0.2) is 0 Å². The molecule has 4 nitrogen and oxygen atoms in total. The molecule has 4 rings (SSSR count). The van der Waals surface area contributed by atoms with Crippen LogP contribution in [0.3, 0.4) is 0 Å². The fourth-order valence-electron chi connectivity index (χ4n) is 3.60. The highest BCUT2D eigenvalue weighted by atomic mass is 35.5. The van der Waals surface area contributed by atoms with Gasteiger partial charge in [-0.05, 0) is 50.5 Å². The van der Waals surface area contributed by atoms with E-state index in [9.17, 15) is 0 Å². The number of aromatic nitrogens is 2. The van der Waals surface area contributed by atoms with Gasteiger partial charge in [0.2, 0.25) is 0 Å². The van der Waals surface area contributed by atoms with Gasteiger partial charge >= 0.3 is 0 Å². The molecule has 2 N–H and O–H groups in total. The van der Waals surface area contributed by atoms with E-state index in [4.69, 9.17) is 4.74 Å². The molecular formula is C20H24ClN3O. The van der Waals surface area contributed by atoms with Crippen molar-refractivity contribution < 1.29 is 4.74 Å². The molecule has 1 aliphatic rings. The molecule has 0 saturated heterocycles. The van der Waals surface area contributed by atoms with Crippen molar-refractivity contribution >= 4 is 29.0 Å². The Balaban J connectivity index is 0.00000182. The summed E-state index contributed by atoms with van der Waals surface area (Å²) in [6.45, 7) is 2.11. The molecule has 1 heterocycles. The normalized spacial score (nSPS) is 20.0. The lowest BCUT2D eigenvalue weighted by Crippen LogP contribution is -2.33. The van der Waals surface area contributed by atoms with Crippen molar-refractivity contribution in [3.8, 4) is 5.75 Å². The molecule has 0 bridgehead atoms. The molecule has 2 aromatic carbocycles. The van der Waals surface area contributed by atoms with Crippen LogP contribution in [0.5, 0.6) is 5.75 Å². The van der Waals surface area contributed by atoms with Crippen LogP contribution in [0.25, 0.3) is 10.9 Å². The number of hydrogen-bond acceptors (Lipinski definition) is 3. The van der Waals surface area contributed by atoms with Crippen molar-refractivity contribution in [3.63, 3.8) is 0 Å². The van der Waals surface area contributed by atoms with E-state index >= 15 is 0 Å². The number of H-pyrrole nitrogens is 1. The van der Waals surface area contributed by atoms with Crippen LogP contribution in [0.1, 0.15) is 31.2 Å². The lowest BCUT2D eigenvalue weighted by molar-refractivity contribution is 0.147. The van der Waals surface area contributed by atoms with Gasteiger partial charge in [0.1, 0.15) is 11.9 Å². The number of benzene rings is 2. The third-order valence-corrected chi connectivity index (χ3v) is 4.91. The maximum absolute atomic E-state index is 6.35. The number of anilines is 1. The van der Waals surface area contributed by atoms with E-state index in [0.29, 0.717) is 6.04 Å². The van der Waals surface area contributed by atoms with Crippen LogP contribution in [-0.2, 0) is 0 Å². The molecule has 2 atom stereocenters. The van der Waals surface area contributed by atoms with E-state index in [0.717, 1.165) is 29.5 Å². The van der Waals surface area contributed by atoms with Crippen molar-refractivity contribution in [3.05, 3.63) is 54.2 Å². The largest absolute Gasteiger partial charge is 0.490 e. The molecule has 25 heavy (non-hydrogen) atoms. The topological polar surface area (TPSA) is 49.9 Å². The average Bonchev–Trinajstić information content (AvgIpc) is 3.08. The monoisotopic (exact) mass is 357 g/mol. The summed E-state index contributed by atoms with van der Waals surface area (Å²) in [5, 5.41) is 11.9.